The molecule has 142 valence electrons. The van der Waals surface area contributed by atoms with Gasteiger partial charge in [-0.15, -0.1) is 0 Å². The van der Waals surface area contributed by atoms with Gasteiger partial charge in [0.2, 0.25) is 5.95 Å². The van der Waals surface area contributed by atoms with Crippen molar-refractivity contribution in [1.29, 1.82) is 0 Å². The Balaban J connectivity index is 1.81. The molecule has 0 aliphatic heterocycles. The molecule has 6 nitrogen and oxygen atoms in total. The van der Waals surface area contributed by atoms with Crippen LogP contribution in [-0.2, 0) is 0 Å². The topological polar surface area (TPSA) is 60.7 Å². The van der Waals surface area contributed by atoms with E-state index < -0.39 is 11.6 Å². The van der Waals surface area contributed by atoms with Gasteiger partial charge in [-0.3, -0.25) is 4.40 Å². The Morgan fingerprint density at radius 3 is 2.39 bits per heavy atom. The van der Waals surface area contributed by atoms with E-state index in [0.717, 1.165) is 11.6 Å². The lowest BCUT2D eigenvalue weighted by atomic mass is 10.1. The van der Waals surface area contributed by atoms with Gasteiger partial charge in [-0.2, -0.15) is 0 Å². The molecule has 4 aromatic rings. The number of rotatable bonds is 5. The predicted molar refractivity (Wildman–Crippen MR) is 101 cm³/mol. The first kappa shape index (κ1) is 17.7. The lowest BCUT2D eigenvalue weighted by molar-refractivity contribution is 0.355. The van der Waals surface area contributed by atoms with Gasteiger partial charge >= 0.3 is 0 Å². The van der Waals surface area contributed by atoms with Gasteiger partial charge < -0.3 is 14.8 Å². The van der Waals surface area contributed by atoms with Crippen LogP contribution < -0.4 is 14.8 Å². The molecule has 1 N–H and O–H groups in total. The summed E-state index contributed by atoms with van der Waals surface area (Å²) >= 11 is 0. The van der Waals surface area contributed by atoms with Crippen LogP contribution in [0.1, 0.15) is 0 Å². The molecule has 28 heavy (non-hydrogen) atoms. The number of benzene rings is 2. The zero-order valence-corrected chi connectivity index (χ0v) is 15.1. The molecular weight excluding hydrogens is 366 g/mol. The summed E-state index contributed by atoms with van der Waals surface area (Å²) in [5.41, 5.74) is 2.25. The molecule has 0 bridgehead atoms. The summed E-state index contributed by atoms with van der Waals surface area (Å²) in [5, 5.41) is 2.95. The molecule has 0 aliphatic carbocycles. The number of fused-ring (bicyclic) bond motifs is 1. The quantitative estimate of drug-likeness (QED) is 0.553. The van der Waals surface area contributed by atoms with Crippen LogP contribution in [0.5, 0.6) is 11.5 Å². The smallest absolute Gasteiger partial charge is 0.213 e. The average Bonchev–Trinajstić information content (AvgIpc) is 3.15. The van der Waals surface area contributed by atoms with Crippen molar-refractivity contribution in [3.63, 3.8) is 0 Å². The third-order valence-corrected chi connectivity index (χ3v) is 4.19. The Hall–Kier alpha value is -3.68. The van der Waals surface area contributed by atoms with Crippen LogP contribution in [0.3, 0.4) is 0 Å². The maximum Gasteiger partial charge on any atom is 0.213 e. The van der Waals surface area contributed by atoms with E-state index in [4.69, 9.17) is 9.47 Å². The number of imidazole rings is 1. The minimum Gasteiger partial charge on any atom is -0.493 e. The summed E-state index contributed by atoms with van der Waals surface area (Å²) in [4.78, 5) is 8.90. The molecule has 8 heteroatoms. The van der Waals surface area contributed by atoms with E-state index in [1.54, 1.807) is 49.2 Å². The van der Waals surface area contributed by atoms with Gasteiger partial charge in [0.25, 0.3) is 0 Å². The molecule has 0 aliphatic rings. The number of aromatic nitrogens is 3. The molecule has 0 spiro atoms. The van der Waals surface area contributed by atoms with Gasteiger partial charge in [0.1, 0.15) is 17.3 Å². The maximum atomic E-state index is 13.5. The fourth-order valence-corrected chi connectivity index (χ4v) is 2.91. The Kier molecular flexibility index (Phi) is 4.52. The van der Waals surface area contributed by atoms with E-state index in [1.807, 2.05) is 6.07 Å². The first-order valence-electron chi connectivity index (χ1n) is 8.37. The van der Waals surface area contributed by atoms with E-state index in [-0.39, 0.29) is 5.69 Å². The Labute approximate surface area is 159 Å². The Morgan fingerprint density at radius 1 is 0.929 bits per heavy atom. The van der Waals surface area contributed by atoms with Crippen molar-refractivity contribution in [1.82, 2.24) is 14.4 Å². The number of hydrogen-bond acceptors (Lipinski definition) is 5. The number of methoxy groups -OCH3 is 2. The van der Waals surface area contributed by atoms with E-state index in [2.05, 4.69) is 15.3 Å². The van der Waals surface area contributed by atoms with E-state index in [9.17, 15) is 8.78 Å². The van der Waals surface area contributed by atoms with Crippen LogP contribution in [0.25, 0.3) is 16.9 Å². The van der Waals surface area contributed by atoms with Gasteiger partial charge in [-0.05, 0) is 30.3 Å². The van der Waals surface area contributed by atoms with E-state index in [0.29, 0.717) is 28.8 Å². The van der Waals surface area contributed by atoms with Gasteiger partial charge in [0.05, 0.1) is 19.9 Å². The van der Waals surface area contributed by atoms with E-state index in [1.165, 1.54) is 12.1 Å². The van der Waals surface area contributed by atoms with Crippen molar-refractivity contribution in [3.05, 3.63) is 66.5 Å². The summed E-state index contributed by atoms with van der Waals surface area (Å²) in [6, 6.07) is 10.4. The summed E-state index contributed by atoms with van der Waals surface area (Å²) in [7, 11) is 3.12. The highest BCUT2D eigenvalue weighted by molar-refractivity contribution is 5.70. The van der Waals surface area contributed by atoms with Gasteiger partial charge in [-0.25, -0.2) is 18.7 Å². The van der Waals surface area contributed by atoms with Crippen LogP contribution in [0.4, 0.5) is 20.4 Å². The standard InChI is InChI=1S/C20H16F2N4O2/c1-27-17-4-3-12(7-18(17)28-2)16-11-19-23-5-6-26(19)20(25-16)24-15-9-13(21)8-14(22)10-15/h3-11H,1-2H3,(H,24,25). The molecule has 0 radical (unpaired) electrons. The van der Waals surface area contributed by atoms with E-state index >= 15 is 0 Å². The van der Waals surface area contributed by atoms with Crippen LogP contribution in [0.2, 0.25) is 0 Å². The minimum atomic E-state index is -0.680. The number of halogens is 2. The first-order chi connectivity index (χ1) is 13.6. The predicted octanol–water partition coefficient (Wildman–Crippen LogP) is 4.44. The SMILES string of the molecule is COc1ccc(-c2cc3nccn3c(Nc3cc(F)cc(F)c3)n2)cc1OC. The third kappa shape index (κ3) is 3.32. The summed E-state index contributed by atoms with van der Waals surface area (Å²) < 4.78 is 39.4. The number of anilines is 2. The number of nitrogens with one attached hydrogen (secondary N) is 1. The molecule has 2 aromatic heterocycles. The Morgan fingerprint density at radius 2 is 1.68 bits per heavy atom. The van der Waals surface area contributed by atoms with Crippen molar-refractivity contribution < 1.29 is 18.3 Å². The highest BCUT2D eigenvalue weighted by Crippen LogP contribution is 2.32. The van der Waals surface area contributed by atoms with Crippen LogP contribution in [0.15, 0.2) is 54.9 Å². The summed E-state index contributed by atoms with van der Waals surface area (Å²) in [5.74, 6) is 0.166. The normalized spacial score (nSPS) is 10.9. The molecule has 4 rings (SSSR count). The van der Waals surface area contributed by atoms with Crippen LogP contribution in [-0.4, -0.2) is 28.6 Å². The minimum absolute atomic E-state index is 0.240. The van der Waals surface area contributed by atoms with Crippen LogP contribution in [0, 0.1) is 11.6 Å². The molecular formula is C20H16F2N4O2. The second-order valence-electron chi connectivity index (χ2n) is 5.97. The molecule has 0 saturated heterocycles. The lowest BCUT2D eigenvalue weighted by Gasteiger charge is -2.12. The second-order valence-corrected chi connectivity index (χ2v) is 5.97. The van der Waals surface area contributed by atoms with Crippen molar-refractivity contribution in [3.8, 4) is 22.8 Å². The molecule has 2 aromatic carbocycles. The van der Waals surface area contributed by atoms with Crippen molar-refractivity contribution >= 4 is 17.3 Å². The Bertz CT molecular complexity index is 1140. The molecule has 0 saturated carbocycles. The van der Waals surface area contributed by atoms with Gasteiger partial charge in [0.15, 0.2) is 11.5 Å². The monoisotopic (exact) mass is 382 g/mol. The molecule has 0 amide bonds. The molecule has 0 atom stereocenters. The number of hydrogen-bond donors (Lipinski definition) is 1. The fourth-order valence-electron chi connectivity index (χ4n) is 2.91. The van der Waals surface area contributed by atoms with Gasteiger partial charge in [0, 0.05) is 35.8 Å². The zero-order valence-electron chi connectivity index (χ0n) is 15.1. The first-order valence-corrected chi connectivity index (χ1v) is 8.37. The maximum absolute atomic E-state index is 13.5. The highest BCUT2D eigenvalue weighted by atomic mass is 19.1. The highest BCUT2D eigenvalue weighted by Gasteiger charge is 2.12. The number of nitrogens with zero attached hydrogens (tertiary/aromatic N) is 3. The second kappa shape index (κ2) is 7.15. The average molecular weight is 382 g/mol. The van der Waals surface area contributed by atoms with Crippen molar-refractivity contribution in [2.24, 2.45) is 0 Å². The largest absolute Gasteiger partial charge is 0.493 e. The zero-order chi connectivity index (χ0) is 19.7. The third-order valence-electron chi connectivity index (χ3n) is 4.19. The fraction of sp³-hybridized carbons (Fsp3) is 0.100. The molecule has 0 unspecified atom stereocenters. The molecule has 2 heterocycles. The summed E-state index contributed by atoms with van der Waals surface area (Å²) in [6.07, 6.45) is 3.32. The van der Waals surface area contributed by atoms with Gasteiger partial charge in [-0.1, -0.05) is 0 Å². The van der Waals surface area contributed by atoms with Crippen molar-refractivity contribution in [2.75, 3.05) is 19.5 Å². The van der Waals surface area contributed by atoms with Crippen LogP contribution >= 0.6 is 0 Å². The molecule has 0 fully saturated rings. The van der Waals surface area contributed by atoms with Crippen molar-refractivity contribution in [2.45, 2.75) is 0 Å². The summed E-state index contributed by atoms with van der Waals surface area (Å²) in [6.45, 7) is 0. The number of ether oxygens (including phenoxy) is 2. The lowest BCUT2D eigenvalue weighted by Crippen LogP contribution is -2.03.